The molecule has 2 fully saturated rings. The Morgan fingerprint density at radius 3 is 2.61 bits per heavy atom. The van der Waals surface area contributed by atoms with Gasteiger partial charge in [-0.15, -0.1) is 0 Å². The van der Waals surface area contributed by atoms with Gasteiger partial charge in [-0.2, -0.15) is 13.2 Å². The zero-order valence-electron chi connectivity index (χ0n) is 15.6. The first-order valence-corrected chi connectivity index (χ1v) is 8.91. The van der Waals surface area contributed by atoms with Gasteiger partial charge in [-0.25, -0.2) is 4.79 Å². The smallest absolute Gasteiger partial charge is 0.475 e. The minimum atomic E-state index is -5.08. The molecule has 2 aliphatic rings. The molecular formula is C18H23F3N2O5. The topological polar surface area (TPSA) is 89.0 Å². The first kappa shape index (κ1) is 22.1. The second kappa shape index (κ2) is 9.33. The monoisotopic (exact) mass is 404 g/mol. The summed E-state index contributed by atoms with van der Waals surface area (Å²) in [5.41, 5.74) is 1.67. The zero-order valence-corrected chi connectivity index (χ0v) is 15.6. The van der Waals surface area contributed by atoms with Crippen LogP contribution in [-0.2, 0) is 14.3 Å². The van der Waals surface area contributed by atoms with E-state index in [-0.39, 0.29) is 24.2 Å². The quantitative estimate of drug-likeness (QED) is 0.833. The number of carbonyl (C=O) groups excluding carboxylic acids is 1. The molecule has 28 heavy (non-hydrogen) atoms. The molecule has 0 bridgehead atoms. The zero-order chi connectivity index (χ0) is 20.9. The van der Waals surface area contributed by atoms with Gasteiger partial charge in [-0.3, -0.25) is 9.78 Å². The number of morpholine rings is 1. The average Bonchev–Trinajstić information content (AvgIpc) is 3.04. The number of hydrogen-bond acceptors (Lipinski definition) is 5. The van der Waals surface area contributed by atoms with Crippen molar-refractivity contribution in [2.45, 2.75) is 51.1 Å². The van der Waals surface area contributed by atoms with E-state index >= 15 is 0 Å². The number of fused-ring (bicyclic) bond motifs is 1. The molecule has 0 aromatic carbocycles. The van der Waals surface area contributed by atoms with Crippen LogP contribution in [0, 0.1) is 6.92 Å². The van der Waals surface area contributed by atoms with Gasteiger partial charge >= 0.3 is 12.1 Å². The summed E-state index contributed by atoms with van der Waals surface area (Å²) in [7, 11) is 0. The number of halogens is 3. The molecule has 0 radical (unpaired) electrons. The number of hydrogen-bond donors (Lipinski definition) is 1. The Bertz CT molecular complexity index is 698. The predicted octanol–water partition coefficient (Wildman–Crippen LogP) is 2.43. The van der Waals surface area contributed by atoms with E-state index in [4.69, 9.17) is 19.4 Å². The number of amides is 1. The van der Waals surface area contributed by atoms with E-state index < -0.39 is 12.1 Å². The summed E-state index contributed by atoms with van der Waals surface area (Å²) in [4.78, 5) is 27.7. The summed E-state index contributed by atoms with van der Waals surface area (Å²) in [6.45, 7) is 5.86. The van der Waals surface area contributed by atoms with Crippen molar-refractivity contribution >= 4 is 11.9 Å². The third-order valence-electron chi connectivity index (χ3n) is 4.54. The Labute approximate surface area is 160 Å². The summed E-state index contributed by atoms with van der Waals surface area (Å²) in [5.74, 6) is -2.70. The maximum Gasteiger partial charge on any atom is 0.490 e. The lowest BCUT2D eigenvalue weighted by Gasteiger charge is -2.39. The summed E-state index contributed by atoms with van der Waals surface area (Å²) in [6.07, 6.45) is 0.361. The van der Waals surface area contributed by atoms with Gasteiger partial charge in [-0.05, 0) is 38.3 Å². The van der Waals surface area contributed by atoms with E-state index in [2.05, 4.69) is 4.98 Å². The van der Waals surface area contributed by atoms with Crippen molar-refractivity contribution in [2.75, 3.05) is 19.8 Å². The SMILES string of the molecule is CCO[C@H]1CC[C@H]2[C@H]1OCCN2C(=O)c1cncc(C)c1.O=C(O)C(F)(F)F. The van der Waals surface area contributed by atoms with Crippen LogP contribution in [0.5, 0.6) is 0 Å². The average molecular weight is 404 g/mol. The molecule has 1 saturated heterocycles. The minimum absolute atomic E-state index is 0.0143. The van der Waals surface area contributed by atoms with Crippen molar-refractivity contribution in [3.05, 3.63) is 29.6 Å². The van der Waals surface area contributed by atoms with Crippen LogP contribution in [0.4, 0.5) is 13.2 Å². The molecular weight excluding hydrogens is 381 g/mol. The van der Waals surface area contributed by atoms with E-state index in [1.165, 1.54) is 0 Å². The van der Waals surface area contributed by atoms with Crippen LogP contribution >= 0.6 is 0 Å². The predicted molar refractivity (Wildman–Crippen MR) is 91.9 cm³/mol. The van der Waals surface area contributed by atoms with Crippen LogP contribution in [0.3, 0.4) is 0 Å². The number of carboxylic acids is 1. The Kier molecular flexibility index (Phi) is 7.36. The second-order valence-electron chi connectivity index (χ2n) is 6.53. The van der Waals surface area contributed by atoms with E-state index in [0.29, 0.717) is 25.3 Å². The van der Waals surface area contributed by atoms with Gasteiger partial charge in [0.2, 0.25) is 0 Å². The van der Waals surface area contributed by atoms with Crippen molar-refractivity contribution in [1.82, 2.24) is 9.88 Å². The van der Waals surface area contributed by atoms with Gasteiger partial charge in [0.15, 0.2) is 0 Å². The third kappa shape index (κ3) is 5.41. The fourth-order valence-corrected chi connectivity index (χ4v) is 3.40. The highest BCUT2D eigenvalue weighted by molar-refractivity contribution is 5.94. The first-order valence-electron chi connectivity index (χ1n) is 8.91. The summed E-state index contributed by atoms with van der Waals surface area (Å²) >= 11 is 0. The second-order valence-corrected chi connectivity index (χ2v) is 6.53. The highest BCUT2D eigenvalue weighted by Gasteiger charge is 2.45. The maximum absolute atomic E-state index is 12.7. The molecule has 1 aliphatic heterocycles. The number of pyridine rings is 1. The van der Waals surface area contributed by atoms with Gasteiger partial charge in [-0.1, -0.05) is 0 Å². The van der Waals surface area contributed by atoms with Gasteiger partial charge < -0.3 is 19.5 Å². The van der Waals surface area contributed by atoms with Gasteiger partial charge in [0.25, 0.3) is 5.91 Å². The molecule has 3 atom stereocenters. The number of aryl methyl sites for hydroxylation is 1. The molecule has 0 spiro atoms. The van der Waals surface area contributed by atoms with Crippen molar-refractivity contribution in [2.24, 2.45) is 0 Å². The number of rotatable bonds is 3. The molecule has 1 amide bonds. The summed E-state index contributed by atoms with van der Waals surface area (Å²) < 4.78 is 43.4. The lowest BCUT2D eigenvalue weighted by atomic mass is 10.1. The van der Waals surface area contributed by atoms with Gasteiger partial charge in [0.1, 0.15) is 6.10 Å². The Morgan fingerprint density at radius 2 is 2.04 bits per heavy atom. The lowest BCUT2D eigenvalue weighted by Crippen LogP contribution is -2.53. The van der Waals surface area contributed by atoms with Crippen molar-refractivity contribution in [3.63, 3.8) is 0 Å². The number of aromatic nitrogens is 1. The number of aliphatic carboxylic acids is 1. The molecule has 156 valence electrons. The standard InChI is InChI=1S/C16H22N2O3.C2HF3O2/c1-3-20-14-5-4-13-15(14)21-7-6-18(13)16(19)12-8-11(2)9-17-10-12;3-2(4,5)1(6)7/h8-10,13-15H,3-7H2,1-2H3;(H,6,7)/t13-,14-,15+;/m0./s1. The highest BCUT2D eigenvalue weighted by atomic mass is 19.4. The number of carbonyl (C=O) groups is 2. The lowest BCUT2D eigenvalue weighted by molar-refractivity contribution is -0.192. The molecule has 2 heterocycles. The van der Waals surface area contributed by atoms with E-state index in [0.717, 1.165) is 18.4 Å². The Hall–Kier alpha value is -2.20. The van der Waals surface area contributed by atoms with Crippen LogP contribution in [-0.4, -0.2) is 71.1 Å². The first-order chi connectivity index (χ1) is 13.1. The number of nitrogens with zero attached hydrogens (tertiary/aromatic N) is 2. The van der Waals surface area contributed by atoms with Gasteiger partial charge in [0.05, 0.1) is 24.3 Å². The molecule has 1 N–H and O–H groups in total. The van der Waals surface area contributed by atoms with Crippen LogP contribution < -0.4 is 0 Å². The molecule has 10 heteroatoms. The molecule has 1 aromatic heterocycles. The fraction of sp³-hybridized carbons (Fsp3) is 0.611. The van der Waals surface area contributed by atoms with Crippen LogP contribution in [0.15, 0.2) is 18.5 Å². The van der Waals surface area contributed by atoms with Crippen molar-refractivity contribution in [1.29, 1.82) is 0 Å². The van der Waals surface area contributed by atoms with Crippen LogP contribution in [0.1, 0.15) is 35.7 Å². The molecule has 1 saturated carbocycles. The molecule has 7 nitrogen and oxygen atoms in total. The van der Waals surface area contributed by atoms with Crippen LogP contribution in [0.2, 0.25) is 0 Å². The highest BCUT2D eigenvalue weighted by Crippen LogP contribution is 2.32. The molecule has 1 aromatic rings. The largest absolute Gasteiger partial charge is 0.490 e. The fourth-order valence-electron chi connectivity index (χ4n) is 3.40. The minimum Gasteiger partial charge on any atom is -0.475 e. The Morgan fingerprint density at radius 1 is 1.36 bits per heavy atom. The van der Waals surface area contributed by atoms with Crippen molar-refractivity contribution < 1.29 is 37.3 Å². The van der Waals surface area contributed by atoms with Gasteiger partial charge in [0, 0.05) is 25.5 Å². The molecule has 3 rings (SSSR count). The summed E-state index contributed by atoms with van der Waals surface area (Å²) in [6, 6.07) is 2.03. The van der Waals surface area contributed by atoms with E-state index in [1.54, 1.807) is 12.4 Å². The van der Waals surface area contributed by atoms with E-state index in [1.807, 2.05) is 24.8 Å². The number of alkyl halides is 3. The number of carboxylic acid groups (broad SMARTS) is 1. The third-order valence-corrected chi connectivity index (χ3v) is 4.54. The van der Waals surface area contributed by atoms with E-state index in [9.17, 15) is 18.0 Å². The Balaban J connectivity index is 0.000000345. The van der Waals surface area contributed by atoms with Crippen LogP contribution in [0.25, 0.3) is 0 Å². The van der Waals surface area contributed by atoms with Crippen molar-refractivity contribution in [3.8, 4) is 0 Å². The maximum atomic E-state index is 12.7. The normalized spacial score (nSPS) is 24.2. The molecule has 0 unspecified atom stereocenters. The molecule has 1 aliphatic carbocycles. The number of ether oxygens (including phenoxy) is 2. The summed E-state index contributed by atoms with van der Waals surface area (Å²) in [5, 5.41) is 7.12.